The minimum Gasteiger partial charge on any atom is -0.362 e. The van der Waals surface area contributed by atoms with Crippen LogP contribution in [0.1, 0.15) is 11.6 Å². The molecule has 1 unspecified atom stereocenters. The summed E-state index contributed by atoms with van der Waals surface area (Å²) >= 11 is 0. The van der Waals surface area contributed by atoms with Crippen LogP contribution >= 0.6 is 0 Å². The molecule has 1 aliphatic heterocycles. The van der Waals surface area contributed by atoms with Gasteiger partial charge >= 0.3 is 0 Å². The van der Waals surface area contributed by atoms with E-state index in [-0.39, 0.29) is 19.4 Å². The number of sulfonamides is 1. The van der Waals surface area contributed by atoms with Crippen molar-refractivity contribution in [1.82, 2.24) is 9.79 Å². The molecule has 6 nitrogen and oxygen atoms in total. The summed E-state index contributed by atoms with van der Waals surface area (Å²) in [6.07, 6.45) is 0. The Morgan fingerprint density at radius 1 is 1.47 bits per heavy atom. The largest absolute Gasteiger partial charge is 0.362 e. The average molecular weight is 258 g/mol. The van der Waals surface area contributed by atoms with Crippen molar-refractivity contribution in [3.8, 4) is 0 Å². The van der Waals surface area contributed by atoms with Gasteiger partial charge in [0.1, 0.15) is 6.73 Å². The fourth-order valence-electron chi connectivity index (χ4n) is 1.92. The third-order valence-electron chi connectivity index (χ3n) is 2.82. The van der Waals surface area contributed by atoms with Crippen LogP contribution in [0, 0.1) is 0 Å². The second-order valence-electron chi connectivity index (χ2n) is 3.75. The van der Waals surface area contributed by atoms with Gasteiger partial charge in [0.25, 0.3) is 0 Å². The molecule has 1 heterocycles. The zero-order valence-electron chi connectivity index (χ0n) is 9.33. The van der Waals surface area contributed by atoms with E-state index in [4.69, 9.17) is 9.94 Å². The molecule has 0 radical (unpaired) electrons. The van der Waals surface area contributed by atoms with E-state index in [9.17, 15) is 8.42 Å². The predicted octanol–water partition coefficient (Wildman–Crippen LogP) is 0.315. The number of hydroxylamine groups is 1. The topological polar surface area (TPSA) is 78.9 Å². The first kappa shape index (κ1) is 12.5. The summed E-state index contributed by atoms with van der Waals surface area (Å²) in [4.78, 5) is 0.327. The monoisotopic (exact) mass is 258 g/mol. The Kier molecular flexibility index (Phi) is 3.45. The molecule has 7 heteroatoms. The van der Waals surface area contributed by atoms with Gasteiger partial charge in [0.05, 0.1) is 17.5 Å². The summed E-state index contributed by atoms with van der Waals surface area (Å²) in [7, 11) is -1.88. The Balaban J connectivity index is 2.30. The number of fused-ring (bicyclic) bond motifs is 1. The summed E-state index contributed by atoms with van der Waals surface area (Å²) in [5, 5.41) is 8.40. The van der Waals surface area contributed by atoms with Crippen molar-refractivity contribution in [1.29, 1.82) is 0 Å². The van der Waals surface area contributed by atoms with Gasteiger partial charge in [0.15, 0.2) is 0 Å². The number of hydrogen-bond donors (Lipinski definition) is 2. The molecule has 0 saturated heterocycles. The molecule has 1 atom stereocenters. The lowest BCUT2D eigenvalue weighted by atomic mass is 10.1. The SMILES string of the molecule is CN1C(COCNO)c2ccccc2S1(=O)=O. The summed E-state index contributed by atoms with van der Waals surface area (Å²) in [5.74, 6) is 0. The number of likely N-dealkylation sites (N-methyl/N-ethyl adjacent to an activating group) is 1. The van der Waals surface area contributed by atoms with E-state index in [1.165, 1.54) is 11.4 Å². The molecule has 1 aromatic rings. The zero-order chi connectivity index (χ0) is 12.5. The van der Waals surface area contributed by atoms with Gasteiger partial charge in [0, 0.05) is 7.05 Å². The maximum Gasteiger partial charge on any atom is 0.243 e. The highest BCUT2D eigenvalue weighted by Gasteiger charge is 2.39. The number of nitrogens with zero attached hydrogens (tertiary/aromatic N) is 1. The lowest BCUT2D eigenvalue weighted by molar-refractivity contribution is 0.00867. The molecule has 0 aromatic heterocycles. The fourth-order valence-corrected chi connectivity index (χ4v) is 3.49. The van der Waals surface area contributed by atoms with Crippen LogP contribution in [-0.4, -0.2) is 38.3 Å². The first-order valence-corrected chi connectivity index (χ1v) is 6.54. The van der Waals surface area contributed by atoms with Crippen molar-refractivity contribution >= 4 is 10.0 Å². The fraction of sp³-hybridized carbons (Fsp3) is 0.400. The molecule has 2 N–H and O–H groups in total. The van der Waals surface area contributed by atoms with E-state index in [1.807, 2.05) is 5.48 Å². The van der Waals surface area contributed by atoms with Gasteiger partial charge in [-0.3, -0.25) is 0 Å². The number of ether oxygens (including phenoxy) is 1. The van der Waals surface area contributed by atoms with Gasteiger partial charge in [-0.1, -0.05) is 18.2 Å². The average Bonchev–Trinajstić information content (AvgIpc) is 2.51. The Labute approximate surface area is 99.8 Å². The Morgan fingerprint density at radius 2 is 2.18 bits per heavy atom. The predicted molar refractivity (Wildman–Crippen MR) is 59.9 cm³/mol. The van der Waals surface area contributed by atoms with Crippen LogP contribution < -0.4 is 5.48 Å². The van der Waals surface area contributed by atoms with Gasteiger partial charge in [-0.15, -0.1) is 0 Å². The molecule has 17 heavy (non-hydrogen) atoms. The van der Waals surface area contributed by atoms with Crippen molar-refractivity contribution in [3.05, 3.63) is 29.8 Å². The van der Waals surface area contributed by atoms with E-state index in [2.05, 4.69) is 0 Å². The highest BCUT2D eigenvalue weighted by molar-refractivity contribution is 7.89. The highest BCUT2D eigenvalue weighted by Crippen LogP contribution is 2.37. The third-order valence-corrected chi connectivity index (χ3v) is 4.76. The zero-order valence-corrected chi connectivity index (χ0v) is 10.1. The van der Waals surface area contributed by atoms with Crippen LogP contribution in [0.2, 0.25) is 0 Å². The highest BCUT2D eigenvalue weighted by atomic mass is 32.2. The van der Waals surface area contributed by atoms with E-state index in [0.717, 1.165) is 5.56 Å². The van der Waals surface area contributed by atoms with Gasteiger partial charge in [-0.2, -0.15) is 9.79 Å². The first-order chi connectivity index (χ1) is 8.09. The third kappa shape index (κ3) is 2.07. The van der Waals surface area contributed by atoms with Crippen molar-refractivity contribution in [3.63, 3.8) is 0 Å². The molecule has 0 aliphatic carbocycles. The van der Waals surface area contributed by atoms with Crippen LogP contribution in [0.4, 0.5) is 0 Å². The summed E-state index contributed by atoms with van der Waals surface area (Å²) < 4.78 is 30.5. The Morgan fingerprint density at radius 3 is 2.88 bits per heavy atom. The molecule has 1 aromatic carbocycles. The minimum absolute atomic E-state index is 0.0352. The Bertz CT molecular complexity index is 503. The Hall–Kier alpha value is -0.990. The van der Waals surface area contributed by atoms with Crippen LogP contribution in [-0.2, 0) is 14.8 Å². The van der Waals surface area contributed by atoms with Crippen molar-refractivity contribution in [2.45, 2.75) is 10.9 Å². The smallest absolute Gasteiger partial charge is 0.243 e. The first-order valence-electron chi connectivity index (χ1n) is 5.10. The van der Waals surface area contributed by atoms with E-state index >= 15 is 0 Å². The quantitative estimate of drug-likeness (QED) is 0.462. The van der Waals surface area contributed by atoms with Crippen LogP contribution in [0.5, 0.6) is 0 Å². The van der Waals surface area contributed by atoms with Crippen LogP contribution in [0.15, 0.2) is 29.2 Å². The molecule has 0 amide bonds. The second kappa shape index (κ2) is 4.71. The standard InChI is InChI=1S/C10H14N2O4S/c1-12-9(6-16-7-11-13)8-4-2-3-5-10(8)17(12,14)15/h2-5,9,11,13H,6-7H2,1H3. The maximum absolute atomic E-state index is 12.0. The number of hydrogen-bond acceptors (Lipinski definition) is 5. The molecular formula is C10H14N2O4S. The maximum atomic E-state index is 12.0. The lowest BCUT2D eigenvalue weighted by Gasteiger charge is -2.18. The molecule has 0 bridgehead atoms. The molecule has 0 saturated carbocycles. The van der Waals surface area contributed by atoms with E-state index in [1.54, 1.807) is 24.3 Å². The van der Waals surface area contributed by atoms with Crippen molar-refractivity contribution in [2.24, 2.45) is 0 Å². The summed E-state index contributed by atoms with van der Waals surface area (Å²) in [6, 6.07) is 6.51. The van der Waals surface area contributed by atoms with Crippen LogP contribution in [0.25, 0.3) is 0 Å². The normalized spacial score (nSPS) is 22.6. The number of benzene rings is 1. The van der Waals surface area contributed by atoms with Gasteiger partial charge in [-0.05, 0) is 11.6 Å². The minimum atomic E-state index is -3.40. The van der Waals surface area contributed by atoms with Gasteiger partial charge in [-0.25, -0.2) is 8.42 Å². The molecule has 0 spiro atoms. The summed E-state index contributed by atoms with van der Waals surface area (Å²) in [6.45, 7) is 0.160. The van der Waals surface area contributed by atoms with E-state index in [0.29, 0.717) is 4.90 Å². The van der Waals surface area contributed by atoms with Gasteiger partial charge < -0.3 is 9.94 Å². The summed E-state index contributed by atoms with van der Waals surface area (Å²) in [5.41, 5.74) is 2.59. The van der Waals surface area contributed by atoms with Gasteiger partial charge in [0.2, 0.25) is 10.0 Å². The second-order valence-corrected chi connectivity index (χ2v) is 5.71. The molecule has 1 aliphatic rings. The number of rotatable bonds is 4. The van der Waals surface area contributed by atoms with Crippen molar-refractivity contribution in [2.75, 3.05) is 20.4 Å². The van der Waals surface area contributed by atoms with Crippen LogP contribution in [0.3, 0.4) is 0 Å². The molecular weight excluding hydrogens is 244 g/mol. The lowest BCUT2D eigenvalue weighted by Crippen LogP contribution is -2.28. The molecule has 0 fully saturated rings. The molecule has 2 rings (SSSR count). The van der Waals surface area contributed by atoms with E-state index < -0.39 is 10.0 Å². The van der Waals surface area contributed by atoms with Crippen molar-refractivity contribution < 1.29 is 18.4 Å². The molecule has 94 valence electrons. The number of nitrogens with one attached hydrogen (secondary N) is 1.